The molecule has 4 N–H and O–H groups in total. The number of nitrogens with two attached hydrogens (primary N) is 1. The summed E-state index contributed by atoms with van der Waals surface area (Å²) in [5.74, 6) is -1.52. The summed E-state index contributed by atoms with van der Waals surface area (Å²) in [6.45, 7) is 0. The molecule has 98 valence electrons. The molecule has 6 heteroatoms. The monoisotopic (exact) mass is 324 g/mol. The van der Waals surface area contributed by atoms with Gasteiger partial charge in [-0.05, 0) is 52.3 Å². The van der Waals surface area contributed by atoms with Crippen LogP contribution in [0.2, 0.25) is 0 Å². The van der Waals surface area contributed by atoms with Crippen molar-refractivity contribution < 1.29 is 14.3 Å². The molecule has 0 saturated carbocycles. The number of phenolic OH excluding ortho intramolecular Hbond substituents is 1. The maximum Gasteiger partial charge on any atom is 0.259 e. The van der Waals surface area contributed by atoms with Crippen LogP contribution in [0.1, 0.15) is 10.4 Å². The van der Waals surface area contributed by atoms with E-state index in [4.69, 9.17) is 5.73 Å². The van der Waals surface area contributed by atoms with E-state index in [-0.39, 0.29) is 11.3 Å². The Balaban J connectivity index is 2.30. The Labute approximate surface area is 117 Å². The first kappa shape index (κ1) is 13.4. The van der Waals surface area contributed by atoms with E-state index in [0.717, 1.165) is 18.2 Å². The van der Waals surface area contributed by atoms with Gasteiger partial charge in [-0.15, -0.1) is 0 Å². The summed E-state index contributed by atoms with van der Waals surface area (Å²) < 4.78 is 13.7. The largest absolute Gasteiger partial charge is 0.507 e. The normalized spacial score (nSPS) is 10.2. The molecule has 0 fully saturated rings. The molecule has 0 aliphatic rings. The van der Waals surface area contributed by atoms with E-state index in [1.54, 1.807) is 18.2 Å². The van der Waals surface area contributed by atoms with Crippen LogP contribution in [0, 0.1) is 5.82 Å². The minimum atomic E-state index is -0.622. The lowest BCUT2D eigenvalue weighted by molar-refractivity contribution is 0.102. The zero-order valence-electron chi connectivity index (χ0n) is 9.65. The molecule has 0 atom stereocenters. The number of anilines is 2. The molecule has 0 spiro atoms. The van der Waals surface area contributed by atoms with Gasteiger partial charge >= 0.3 is 0 Å². The Bertz CT molecular complexity index is 647. The van der Waals surface area contributed by atoms with Gasteiger partial charge in [0.15, 0.2) is 0 Å². The molecule has 19 heavy (non-hydrogen) atoms. The highest BCUT2D eigenvalue weighted by atomic mass is 79.9. The van der Waals surface area contributed by atoms with Gasteiger partial charge in [-0.2, -0.15) is 0 Å². The minimum Gasteiger partial charge on any atom is -0.507 e. The van der Waals surface area contributed by atoms with E-state index in [2.05, 4.69) is 21.2 Å². The number of aromatic hydroxyl groups is 1. The molecule has 0 aliphatic carbocycles. The number of rotatable bonds is 2. The number of nitrogen functional groups attached to an aromatic ring is 1. The summed E-state index contributed by atoms with van der Waals surface area (Å²) in [6.07, 6.45) is 0. The zero-order valence-corrected chi connectivity index (χ0v) is 11.2. The Morgan fingerprint density at radius 2 is 2.00 bits per heavy atom. The molecular weight excluding hydrogens is 315 g/mol. The number of carbonyl (C=O) groups is 1. The molecule has 0 bridgehead atoms. The minimum absolute atomic E-state index is 0.144. The first-order valence-corrected chi connectivity index (χ1v) is 6.11. The molecule has 2 aromatic carbocycles. The topological polar surface area (TPSA) is 75.3 Å². The molecule has 0 saturated heterocycles. The fraction of sp³-hybridized carbons (Fsp3) is 0. The Morgan fingerprint density at radius 3 is 2.74 bits per heavy atom. The first-order chi connectivity index (χ1) is 8.97. The molecule has 1 amide bonds. The highest BCUT2D eigenvalue weighted by Gasteiger charge is 2.13. The van der Waals surface area contributed by atoms with Crippen LogP contribution in [0.4, 0.5) is 15.8 Å². The van der Waals surface area contributed by atoms with E-state index in [0.29, 0.717) is 15.8 Å². The predicted molar refractivity (Wildman–Crippen MR) is 74.6 cm³/mol. The smallest absolute Gasteiger partial charge is 0.259 e. The van der Waals surface area contributed by atoms with Crippen LogP contribution in [-0.4, -0.2) is 11.0 Å². The van der Waals surface area contributed by atoms with Crippen molar-refractivity contribution in [1.82, 2.24) is 0 Å². The molecular formula is C13H10BrFN2O2. The van der Waals surface area contributed by atoms with E-state index in [1.807, 2.05) is 0 Å². The molecule has 2 aromatic rings. The summed E-state index contributed by atoms with van der Waals surface area (Å²) >= 11 is 3.26. The maximum atomic E-state index is 13.1. The zero-order chi connectivity index (χ0) is 14.0. The molecule has 0 radical (unpaired) electrons. The second-order valence-corrected chi connectivity index (χ2v) is 4.71. The Morgan fingerprint density at radius 1 is 1.26 bits per heavy atom. The number of amides is 1. The van der Waals surface area contributed by atoms with Crippen molar-refractivity contribution in [1.29, 1.82) is 0 Å². The van der Waals surface area contributed by atoms with Crippen molar-refractivity contribution in [2.45, 2.75) is 0 Å². The third-order valence-corrected chi connectivity index (χ3v) is 3.13. The summed E-state index contributed by atoms with van der Waals surface area (Å²) in [7, 11) is 0. The Kier molecular flexibility index (Phi) is 3.71. The molecule has 0 aliphatic heterocycles. The maximum absolute atomic E-state index is 13.1. The lowest BCUT2D eigenvalue weighted by Crippen LogP contribution is -2.13. The van der Waals surface area contributed by atoms with Gasteiger partial charge in [-0.1, -0.05) is 0 Å². The highest BCUT2D eigenvalue weighted by molar-refractivity contribution is 9.10. The summed E-state index contributed by atoms with van der Waals surface area (Å²) in [5.41, 5.74) is 6.38. The van der Waals surface area contributed by atoms with Crippen molar-refractivity contribution in [2.75, 3.05) is 11.1 Å². The summed E-state index contributed by atoms with van der Waals surface area (Å²) in [4.78, 5) is 12.0. The second-order valence-electron chi connectivity index (χ2n) is 3.85. The van der Waals surface area contributed by atoms with Gasteiger partial charge in [0.1, 0.15) is 11.6 Å². The van der Waals surface area contributed by atoms with Crippen molar-refractivity contribution in [3.63, 3.8) is 0 Å². The van der Waals surface area contributed by atoms with Gasteiger partial charge in [0.05, 0.1) is 11.3 Å². The van der Waals surface area contributed by atoms with Gasteiger partial charge in [0.25, 0.3) is 5.91 Å². The van der Waals surface area contributed by atoms with Crippen LogP contribution in [-0.2, 0) is 0 Å². The van der Waals surface area contributed by atoms with Crippen LogP contribution in [0.3, 0.4) is 0 Å². The van der Waals surface area contributed by atoms with Crippen LogP contribution in [0.25, 0.3) is 0 Å². The van der Waals surface area contributed by atoms with Gasteiger partial charge in [-0.25, -0.2) is 4.39 Å². The van der Waals surface area contributed by atoms with E-state index >= 15 is 0 Å². The molecule has 2 rings (SSSR count). The number of hydrogen-bond acceptors (Lipinski definition) is 3. The van der Waals surface area contributed by atoms with Crippen LogP contribution < -0.4 is 11.1 Å². The highest BCUT2D eigenvalue weighted by Crippen LogP contribution is 2.26. The number of hydrogen-bond donors (Lipinski definition) is 3. The van der Waals surface area contributed by atoms with Crippen molar-refractivity contribution in [3.8, 4) is 5.75 Å². The number of carbonyl (C=O) groups excluding carboxylic acids is 1. The standard InChI is InChI=1S/C13H10BrFN2O2/c14-10-3-2-8(16)6-11(10)17-13(19)9-5-7(15)1-4-12(9)18/h1-6,18H,16H2,(H,17,19). The number of phenols is 1. The number of halogens is 2. The molecule has 0 unspecified atom stereocenters. The fourth-order valence-electron chi connectivity index (χ4n) is 1.52. The van der Waals surface area contributed by atoms with Gasteiger partial charge in [0.2, 0.25) is 0 Å². The van der Waals surface area contributed by atoms with Crippen molar-refractivity contribution in [2.24, 2.45) is 0 Å². The van der Waals surface area contributed by atoms with Crippen molar-refractivity contribution in [3.05, 3.63) is 52.3 Å². The number of nitrogens with one attached hydrogen (secondary N) is 1. The summed E-state index contributed by atoms with van der Waals surface area (Å²) in [6, 6.07) is 8.06. The van der Waals surface area contributed by atoms with Crippen LogP contribution >= 0.6 is 15.9 Å². The molecule has 0 aromatic heterocycles. The quantitative estimate of drug-likeness (QED) is 0.743. The number of benzene rings is 2. The van der Waals surface area contributed by atoms with Gasteiger partial charge in [0, 0.05) is 10.2 Å². The van der Waals surface area contributed by atoms with Crippen LogP contribution in [0.15, 0.2) is 40.9 Å². The lowest BCUT2D eigenvalue weighted by Gasteiger charge is -2.09. The first-order valence-electron chi connectivity index (χ1n) is 5.32. The van der Waals surface area contributed by atoms with E-state index in [9.17, 15) is 14.3 Å². The molecule has 0 heterocycles. The van der Waals surface area contributed by atoms with Crippen molar-refractivity contribution >= 4 is 33.2 Å². The van der Waals surface area contributed by atoms with E-state index < -0.39 is 11.7 Å². The fourth-order valence-corrected chi connectivity index (χ4v) is 1.86. The molecule has 4 nitrogen and oxygen atoms in total. The van der Waals surface area contributed by atoms with Gasteiger partial charge < -0.3 is 16.2 Å². The van der Waals surface area contributed by atoms with Gasteiger partial charge in [-0.3, -0.25) is 4.79 Å². The van der Waals surface area contributed by atoms with E-state index in [1.165, 1.54) is 0 Å². The second kappa shape index (κ2) is 5.27. The average molecular weight is 325 g/mol. The SMILES string of the molecule is Nc1ccc(Br)c(NC(=O)c2cc(F)ccc2O)c1. The van der Waals surface area contributed by atoms with Crippen LogP contribution in [0.5, 0.6) is 5.75 Å². The Hall–Kier alpha value is -2.08. The predicted octanol–water partition coefficient (Wildman–Crippen LogP) is 3.13. The average Bonchev–Trinajstić information content (AvgIpc) is 2.36. The summed E-state index contributed by atoms with van der Waals surface area (Å²) in [5, 5.41) is 12.1. The third kappa shape index (κ3) is 3.03. The lowest BCUT2D eigenvalue weighted by atomic mass is 10.1. The third-order valence-electron chi connectivity index (χ3n) is 2.44.